The molecular formula is C16H15ClN2O3. The summed E-state index contributed by atoms with van der Waals surface area (Å²) < 4.78 is 4.96. The molecule has 0 bridgehead atoms. The van der Waals surface area contributed by atoms with Gasteiger partial charge in [-0.1, -0.05) is 23.7 Å². The summed E-state index contributed by atoms with van der Waals surface area (Å²) in [5, 5.41) is 5.91. The van der Waals surface area contributed by atoms with E-state index in [0.29, 0.717) is 22.1 Å². The van der Waals surface area contributed by atoms with Crippen molar-refractivity contribution < 1.29 is 14.3 Å². The molecule has 2 aromatic carbocycles. The summed E-state index contributed by atoms with van der Waals surface area (Å²) in [4.78, 5) is 22.9. The number of aryl methyl sites for hydroxylation is 1. The van der Waals surface area contributed by atoms with Crippen molar-refractivity contribution in [2.75, 3.05) is 10.6 Å². The maximum Gasteiger partial charge on any atom is 0.323 e. The number of carbonyl (C=O) groups is 2. The molecule has 2 amide bonds. The number of rotatable bonds is 3. The summed E-state index contributed by atoms with van der Waals surface area (Å²) in [6, 6.07) is 11.4. The fourth-order valence-electron chi connectivity index (χ4n) is 1.77. The molecule has 6 heteroatoms. The van der Waals surface area contributed by atoms with E-state index in [0.717, 1.165) is 5.56 Å². The van der Waals surface area contributed by atoms with Gasteiger partial charge in [0, 0.05) is 29.4 Å². The fraction of sp³-hybridized carbons (Fsp3) is 0.125. The Hall–Kier alpha value is -2.53. The third kappa shape index (κ3) is 4.49. The van der Waals surface area contributed by atoms with Gasteiger partial charge >= 0.3 is 12.0 Å². The molecule has 2 N–H and O–H groups in total. The number of carbonyl (C=O) groups excluding carboxylic acids is 2. The highest BCUT2D eigenvalue weighted by atomic mass is 35.5. The zero-order valence-corrected chi connectivity index (χ0v) is 12.9. The van der Waals surface area contributed by atoms with Crippen LogP contribution in [0.1, 0.15) is 12.5 Å². The molecule has 0 unspecified atom stereocenters. The summed E-state index contributed by atoms with van der Waals surface area (Å²) in [6.45, 7) is 3.20. The van der Waals surface area contributed by atoms with Gasteiger partial charge in [-0.15, -0.1) is 0 Å². The molecule has 114 valence electrons. The maximum atomic E-state index is 11.9. The van der Waals surface area contributed by atoms with Gasteiger partial charge in [0.2, 0.25) is 0 Å². The van der Waals surface area contributed by atoms with Crippen LogP contribution in [0.25, 0.3) is 0 Å². The van der Waals surface area contributed by atoms with E-state index in [2.05, 4.69) is 10.6 Å². The van der Waals surface area contributed by atoms with E-state index in [-0.39, 0.29) is 0 Å². The Kier molecular flexibility index (Phi) is 5.01. The van der Waals surface area contributed by atoms with Gasteiger partial charge in [-0.3, -0.25) is 4.79 Å². The number of nitrogens with one attached hydrogen (secondary N) is 2. The molecule has 2 rings (SSSR count). The third-order valence-corrected chi connectivity index (χ3v) is 3.19. The highest BCUT2D eigenvalue weighted by molar-refractivity contribution is 6.31. The van der Waals surface area contributed by atoms with Gasteiger partial charge in [0.1, 0.15) is 5.75 Å². The quantitative estimate of drug-likeness (QED) is 0.657. The lowest BCUT2D eigenvalue weighted by molar-refractivity contribution is -0.131. The minimum Gasteiger partial charge on any atom is -0.427 e. The van der Waals surface area contributed by atoms with Crippen molar-refractivity contribution in [1.82, 2.24) is 0 Å². The van der Waals surface area contributed by atoms with E-state index in [4.69, 9.17) is 16.3 Å². The predicted octanol–water partition coefficient (Wildman–Crippen LogP) is 4.22. The monoisotopic (exact) mass is 318 g/mol. The molecule has 5 nitrogen and oxygen atoms in total. The second kappa shape index (κ2) is 6.95. The van der Waals surface area contributed by atoms with Gasteiger partial charge in [0.15, 0.2) is 0 Å². The van der Waals surface area contributed by atoms with E-state index in [1.54, 1.807) is 36.4 Å². The van der Waals surface area contributed by atoms with E-state index in [1.165, 1.54) is 6.92 Å². The second-order valence-electron chi connectivity index (χ2n) is 4.66. The molecule has 2 aromatic rings. The van der Waals surface area contributed by atoms with Crippen LogP contribution in [0.2, 0.25) is 5.02 Å². The van der Waals surface area contributed by atoms with Crippen molar-refractivity contribution in [3.8, 4) is 5.75 Å². The lowest BCUT2D eigenvalue weighted by Gasteiger charge is -2.09. The zero-order chi connectivity index (χ0) is 16.1. The number of amides is 2. The lowest BCUT2D eigenvalue weighted by Crippen LogP contribution is -2.19. The smallest absolute Gasteiger partial charge is 0.323 e. The Morgan fingerprint density at radius 2 is 1.73 bits per heavy atom. The number of hydrogen-bond acceptors (Lipinski definition) is 3. The molecule has 0 saturated heterocycles. The van der Waals surface area contributed by atoms with Crippen molar-refractivity contribution in [2.24, 2.45) is 0 Å². The Morgan fingerprint density at radius 3 is 2.36 bits per heavy atom. The first-order valence-electron chi connectivity index (χ1n) is 6.56. The first-order chi connectivity index (χ1) is 10.4. The number of benzene rings is 2. The van der Waals surface area contributed by atoms with Gasteiger partial charge in [-0.05, 0) is 36.8 Å². The SMILES string of the molecule is CC(=O)Oc1cccc(NC(=O)Nc2ccc(C)c(Cl)c2)c1. The summed E-state index contributed by atoms with van der Waals surface area (Å²) >= 11 is 6.01. The molecule has 0 radical (unpaired) electrons. The van der Waals surface area contributed by atoms with Crippen LogP contribution < -0.4 is 15.4 Å². The lowest BCUT2D eigenvalue weighted by atomic mass is 10.2. The summed E-state index contributed by atoms with van der Waals surface area (Å²) in [5.41, 5.74) is 2.03. The molecule has 0 aliphatic rings. The number of ether oxygens (including phenoxy) is 1. The first-order valence-corrected chi connectivity index (χ1v) is 6.94. The van der Waals surface area contributed by atoms with Crippen molar-refractivity contribution in [2.45, 2.75) is 13.8 Å². The van der Waals surface area contributed by atoms with Crippen molar-refractivity contribution >= 4 is 35.0 Å². The van der Waals surface area contributed by atoms with E-state index >= 15 is 0 Å². The van der Waals surface area contributed by atoms with Crippen LogP contribution in [0.15, 0.2) is 42.5 Å². The third-order valence-electron chi connectivity index (χ3n) is 2.78. The summed E-state index contributed by atoms with van der Waals surface area (Å²) in [7, 11) is 0. The highest BCUT2D eigenvalue weighted by Gasteiger charge is 2.06. The molecule has 0 spiro atoms. The molecule has 0 aromatic heterocycles. The first kappa shape index (κ1) is 15.9. The Balaban J connectivity index is 2.02. The fourth-order valence-corrected chi connectivity index (χ4v) is 1.95. The molecule has 0 aliphatic carbocycles. The minimum atomic E-state index is -0.420. The molecule has 0 fully saturated rings. The Morgan fingerprint density at radius 1 is 1.05 bits per heavy atom. The number of esters is 1. The molecule has 0 heterocycles. The van der Waals surface area contributed by atoms with Crippen molar-refractivity contribution in [1.29, 1.82) is 0 Å². The maximum absolute atomic E-state index is 11.9. The van der Waals surface area contributed by atoms with Gasteiger partial charge in [-0.25, -0.2) is 4.79 Å². The van der Waals surface area contributed by atoms with Gasteiger partial charge in [-0.2, -0.15) is 0 Å². The Labute approximate surface area is 133 Å². The van der Waals surface area contributed by atoms with Gasteiger partial charge < -0.3 is 15.4 Å². The largest absolute Gasteiger partial charge is 0.427 e. The number of anilines is 2. The molecule has 0 atom stereocenters. The number of urea groups is 1. The van der Waals surface area contributed by atoms with Crippen LogP contribution in [-0.4, -0.2) is 12.0 Å². The van der Waals surface area contributed by atoms with E-state index < -0.39 is 12.0 Å². The predicted molar refractivity (Wildman–Crippen MR) is 86.6 cm³/mol. The standard InChI is InChI=1S/C16H15ClN2O3/c1-10-6-7-13(9-15(10)17)19-16(21)18-12-4-3-5-14(8-12)22-11(2)20/h3-9H,1-2H3,(H2,18,19,21). The molecule has 0 aliphatic heterocycles. The van der Waals surface area contributed by atoms with Crippen LogP contribution in [-0.2, 0) is 4.79 Å². The normalized spacial score (nSPS) is 9.95. The summed E-state index contributed by atoms with van der Waals surface area (Å²) in [5.74, 6) is -0.0559. The van der Waals surface area contributed by atoms with Crippen molar-refractivity contribution in [3.05, 3.63) is 53.1 Å². The number of halogens is 1. The zero-order valence-electron chi connectivity index (χ0n) is 12.1. The minimum absolute atomic E-state index is 0.365. The summed E-state index contributed by atoms with van der Waals surface area (Å²) in [6.07, 6.45) is 0. The highest BCUT2D eigenvalue weighted by Crippen LogP contribution is 2.21. The second-order valence-corrected chi connectivity index (χ2v) is 5.07. The van der Waals surface area contributed by atoms with Gasteiger partial charge in [0.25, 0.3) is 0 Å². The molecular weight excluding hydrogens is 304 g/mol. The topological polar surface area (TPSA) is 67.4 Å². The van der Waals surface area contributed by atoms with Crippen LogP contribution in [0.4, 0.5) is 16.2 Å². The average molecular weight is 319 g/mol. The van der Waals surface area contributed by atoms with E-state index in [1.807, 2.05) is 13.0 Å². The van der Waals surface area contributed by atoms with Crippen LogP contribution >= 0.6 is 11.6 Å². The van der Waals surface area contributed by atoms with E-state index in [9.17, 15) is 9.59 Å². The molecule has 0 saturated carbocycles. The van der Waals surface area contributed by atoms with Crippen LogP contribution in [0.5, 0.6) is 5.75 Å². The van der Waals surface area contributed by atoms with Gasteiger partial charge in [0.05, 0.1) is 0 Å². The number of hydrogen-bond donors (Lipinski definition) is 2. The van der Waals surface area contributed by atoms with Crippen LogP contribution in [0.3, 0.4) is 0 Å². The van der Waals surface area contributed by atoms with Crippen molar-refractivity contribution in [3.63, 3.8) is 0 Å². The average Bonchev–Trinajstić information content (AvgIpc) is 2.42. The van der Waals surface area contributed by atoms with Crippen LogP contribution in [0, 0.1) is 6.92 Å². The molecule has 22 heavy (non-hydrogen) atoms. The Bertz CT molecular complexity index is 716.